The Morgan fingerprint density at radius 2 is 1.68 bits per heavy atom. The quantitative estimate of drug-likeness (QED) is 0.122. The van der Waals surface area contributed by atoms with Crippen molar-refractivity contribution in [2.45, 2.75) is 19.0 Å². The van der Waals surface area contributed by atoms with E-state index in [1.54, 1.807) is 9.80 Å². The predicted octanol–water partition coefficient (Wildman–Crippen LogP) is 3.25. The molecule has 5 aromatic rings. The average molecular weight is 894 g/mol. The normalized spacial score (nSPS) is 19.5. The van der Waals surface area contributed by atoms with Crippen LogP contribution in [0.5, 0.6) is 0 Å². The summed E-state index contributed by atoms with van der Waals surface area (Å²) in [5, 5.41) is 22.3. The number of imidazole rings is 1. The molecule has 4 aromatic heterocycles. The maximum Gasteiger partial charge on any atom is 0.435 e. The number of rotatable bonds is 11. The number of alkyl halides is 3. The van der Waals surface area contributed by atoms with Crippen LogP contribution in [-0.4, -0.2) is 151 Å². The third kappa shape index (κ3) is 8.72. The van der Waals surface area contributed by atoms with Crippen molar-refractivity contribution in [1.82, 2.24) is 49.7 Å². The number of hydrogen-bond donors (Lipinski definition) is 5. The fraction of sp³-hybridized carbons (Fsp3) is 0.415. The van der Waals surface area contributed by atoms with E-state index in [9.17, 15) is 42.3 Å². The molecule has 0 radical (unpaired) electrons. The number of benzene rings is 1. The third-order valence-electron chi connectivity index (χ3n) is 12.3. The lowest BCUT2D eigenvalue weighted by molar-refractivity contribution is -0.929. The van der Waals surface area contributed by atoms with E-state index in [0.717, 1.165) is 36.7 Å². The summed E-state index contributed by atoms with van der Waals surface area (Å²) in [6.45, 7) is 5.16. The second-order valence-electron chi connectivity index (χ2n) is 16.3. The molecule has 22 heteroatoms. The minimum absolute atomic E-state index is 0.0247. The molecule has 332 valence electrons. The molecule has 0 aliphatic carbocycles. The molecule has 0 saturated carbocycles. The molecule has 18 nitrogen and oxygen atoms in total. The van der Waals surface area contributed by atoms with Crippen molar-refractivity contribution >= 4 is 57.8 Å². The van der Waals surface area contributed by atoms with Crippen LogP contribution in [0.25, 0.3) is 28.0 Å². The number of carboxylic acid groups (broad SMARTS) is 1. The summed E-state index contributed by atoms with van der Waals surface area (Å²) in [7, 11) is 2.86. The highest BCUT2D eigenvalue weighted by atomic mass is 35.5. The number of hydrogen-bond acceptors (Lipinski definition) is 9. The van der Waals surface area contributed by atoms with Gasteiger partial charge in [0.15, 0.2) is 23.9 Å². The fourth-order valence-electron chi connectivity index (χ4n) is 8.80. The number of anilines is 1. The number of piperazine rings is 1. The smallest absolute Gasteiger partial charge is 0.435 e. The molecular weight excluding hydrogens is 849 g/mol. The highest BCUT2D eigenvalue weighted by molar-refractivity contribution is 6.34. The van der Waals surface area contributed by atoms with Gasteiger partial charge in [-0.05, 0) is 18.2 Å². The second kappa shape index (κ2) is 17.1. The lowest BCUT2D eigenvalue weighted by atomic mass is 9.90. The number of likely N-dealkylation sites (tertiary alicyclic amines) is 1. The van der Waals surface area contributed by atoms with Crippen LogP contribution in [0.4, 0.5) is 18.9 Å². The summed E-state index contributed by atoms with van der Waals surface area (Å²) in [5.41, 5.74) is -0.509. The van der Waals surface area contributed by atoms with Crippen molar-refractivity contribution in [2.75, 3.05) is 77.8 Å². The minimum atomic E-state index is -4.89. The molecular formula is C41H45ClF3N12O6+. The van der Waals surface area contributed by atoms with Gasteiger partial charge in [-0.1, -0.05) is 11.6 Å². The van der Waals surface area contributed by atoms with E-state index >= 15 is 0 Å². The van der Waals surface area contributed by atoms with Crippen molar-refractivity contribution in [1.29, 1.82) is 0 Å². The average Bonchev–Trinajstić information content (AvgIpc) is 3.98. The number of carbonyl (C=O) groups is 5. The number of carbonyl (C=O) groups excluding carboxylic acids is 4. The topological polar surface area (TPSA) is 212 Å². The van der Waals surface area contributed by atoms with E-state index in [1.807, 2.05) is 0 Å². The molecule has 0 spiro atoms. The van der Waals surface area contributed by atoms with Crippen LogP contribution in [0.15, 0.2) is 49.1 Å². The number of carboxylic acids is 1. The third-order valence-corrected chi connectivity index (χ3v) is 12.6. The van der Waals surface area contributed by atoms with E-state index in [2.05, 4.69) is 36.0 Å². The predicted molar refractivity (Wildman–Crippen MR) is 222 cm³/mol. The van der Waals surface area contributed by atoms with Gasteiger partial charge in [-0.2, -0.15) is 18.3 Å². The largest absolute Gasteiger partial charge is 0.477 e. The van der Waals surface area contributed by atoms with Gasteiger partial charge in [0.05, 0.1) is 58.8 Å². The SMILES string of the molecule is CNC(=O)c1c[nH]c2cc(-n3cc(-c4cnc(C(=O)Nc5ccc(C(=O)N6CCN(C(=O)C7CC[N+](CC(=O)O)(CC8CNC8)CC7)CC6)c(Cl)c5)n4C)c(C(F)(F)F)n3)ncc12. The van der Waals surface area contributed by atoms with E-state index in [4.69, 9.17) is 11.6 Å². The van der Waals surface area contributed by atoms with Crippen LogP contribution in [0.3, 0.4) is 0 Å². The molecule has 3 saturated heterocycles. The molecule has 3 fully saturated rings. The Morgan fingerprint density at radius 3 is 2.32 bits per heavy atom. The Hall–Kier alpha value is -6.32. The Labute approximate surface area is 363 Å². The van der Waals surface area contributed by atoms with Gasteiger partial charge in [0.1, 0.15) is 0 Å². The van der Waals surface area contributed by atoms with Crippen LogP contribution in [-0.2, 0) is 22.8 Å². The van der Waals surface area contributed by atoms with E-state index in [0.29, 0.717) is 65.9 Å². The van der Waals surface area contributed by atoms with Gasteiger partial charge in [-0.15, -0.1) is 0 Å². The van der Waals surface area contributed by atoms with Gasteiger partial charge in [-0.25, -0.2) is 19.4 Å². The summed E-state index contributed by atoms with van der Waals surface area (Å²) < 4.78 is 45.7. The van der Waals surface area contributed by atoms with Crippen molar-refractivity contribution < 1.29 is 46.7 Å². The Bertz CT molecular complexity index is 2600. The summed E-state index contributed by atoms with van der Waals surface area (Å²) in [5.74, 6) is -2.21. The zero-order valence-corrected chi connectivity index (χ0v) is 35.1. The van der Waals surface area contributed by atoms with Crippen LogP contribution in [0.1, 0.15) is 49.9 Å². The lowest BCUT2D eigenvalue weighted by Gasteiger charge is -2.46. The van der Waals surface area contributed by atoms with Crippen LogP contribution in [0.2, 0.25) is 5.02 Å². The summed E-state index contributed by atoms with van der Waals surface area (Å²) in [6.07, 6.45) is 1.42. The molecule has 8 rings (SSSR count). The Balaban J connectivity index is 0.893. The molecule has 3 aliphatic rings. The van der Waals surface area contributed by atoms with Crippen molar-refractivity contribution in [3.05, 3.63) is 76.7 Å². The molecule has 0 atom stereocenters. The lowest BCUT2D eigenvalue weighted by Crippen LogP contribution is -2.62. The van der Waals surface area contributed by atoms with Crippen LogP contribution >= 0.6 is 11.6 Å². The number of H-pyrrole nitrogens is 1. The number of pyridine rings is 1. The first-order valence-electron chi connectivity index (χ1n) is 20.4. The second-order valence-corrected chi connectivity index (χ2v) is 16.7. The van der Waals surface area contributed by atoms with Gasteiger partial charge in [0.25, 0.3) is 17.7 Å². The van der Waals surface area contributed by atoms with Gasteiger partial charge in [0.2, 0.25) is 5.91 Å². The molecule has 0 bridgehead atoms. The van der Waals surface area contributed by atoms with Gasteiger partial charge in [-0.3, -0.25) is 19.2 Å². The maximum atomic E-state index is 14.4. The Morgan fingerprint density at radius 1 is 0.968 bits per heavy atom. The summed E-state index contributed by atoms with van der Waals surface area (Å²) in [4.78, 5) is 79.1. The first kappa shape index (κ1) is 43.3. The van der Waals surface area contributed by atoms with Crippen LogP contribution < -0.4 is 16.0 Å². The van der Waals surface area contributed by atoms with E-state index < -0.39 is 23.7 Å². The number of quaternary nitrogens is 1. The number of aromatic nitrogens is 6. The highest BCUT2D eigenvalue weighted by Gasteiger charge is 2.43. The first-order valence-corrected chi connectivity index (χ1v) is 20.8. The molecule has 63 heavy (non-hydrogen) atoms. The van der Waals surface area contributed by atoms with Crippen molar-refractivity contribution in [3.8, 4) is 17.1 Å². The number of nitrogens with zero attached hydrogens (tertiary/aromatic N) is 8. The summed E-state index contributed by atoms with van der Waals surface area (Å²) >= 11 is 6.57. The molecule has 4 amide bonds. The fourth-order valence-corrected chi connectivity index (χ4v) is 9.07. The summed E-state index contributed by atoms with van der Waals surface area (Å²) in [6, 6.07) is 5.79. The van der Waals surface area contributed by atoms with Crippen molar-refractivity contribution in [2.24, 2.45) is 18.9 Å². The van der Waals surface area contributed by atoms with Gasteiger partial charge in [0, 0.05) is 114 Å². The molecule has 7 heterocycles. The molecule has 3 aliphatic heterocycles. The number of nitrogens with one attached hydrogen (secondary N) is 4. The zero-order chi connectivity index (χ0) is 44.8. The maximum absolute atomic E-state index is 14.4. The van der Waals surface area contributed by atoms with Gasteiger partial charge >= 0.3 is 12.1 Å². The zero-order valence-electron chi connectivity index (χ0n) is 34.3. The monoisotopic (exact) mass is 893 g/mol. The number of aliphatic carboxylic acids is 1. The number of amides is 4. The Kier molecular flexibility index (Phi) is 11.8. The van der Waals surface area contributed by atoms with Crippen LogP contribution in [0, 0.1) is 11.8 Å². The molecule has 5 N–H and O–H groups in total. The first-order chi connectivity index (χ1) is 30.0. The number of piperidine rings is 1. The number of halogens is 4. The van der Waals surface area contributed by atoms with Crippen molar-refractivity contribution in [3.63, 3.8) is 0 Å². The van der Waals surface area contributed by atoms with Gasteiger partial charge < -0.3 is 44.9 Å². The molecule has 1 aromatic carbocycles. The minimum Gasteiger partial charge on any atom is -0.477 e. The van der Waals surface area contributed by atoms with E-state index in [1.165, 1.54) is 55.3 Å². The highest BCUT2D eigenvalue weighted by Crippen LogP contribution is 2.37. The number of fused-ring (bicyclic) bond motifs is 1. The number of aromatic amines is 1. The van der Waals surface area contributed by atoms with E-state index in [-0.39, 0.29) is 82.4 Å². The molecule has 0 unspecified atom stereocenters. The standard InChI is InChI=1S/C41H44ClF3N12O6/c1-46-37(60)28-18-48-31-14-33(49-17-27(28)31)56-20-29(35(52-56)41(43,44)45)32-19-50-36(53(32)2)38(61)51-25-3-4-26(30(42)13-25)40(63)55-9-7-54(8-10-55)39(62)24-5-11-57(12-6-24,22-34(58)59)21-23-15-47-16-23/h3-4,13-14,17-20,23-24,47H,5-12,15-16,21-22H2,1-2H3,(H3-,46,48,49,51,58,59,60,61,63)/p+1.